The zero-order valence-electron chi connectivity index (χ0n) is 12.3. The van der Waals surface area contributed by atoms with E-state index in [-0.39, 0.29) is 11.7 Å². The zero-order valence-corrected chi connectivity index (χ0v) is 15.5. The highest BCUT2D eigenvalue weighted by atomic mass is 35.5. The predicted molar refractivity (Wildman–Crippen MR) is 101 cm³/mol. The van der Waals surface area contributed by atoms with Gasteiger partial charge in [0.15, 0.2) is 5.13 Å². The molecule has 0 aliphatic heterocycles. The number of anilines is 1. The molecule has 0 unspecified atom stereocenters. The van der Waals surface area contributed by atoms with Crippen LogP contribution < -0.4 is 5.32 Å². The van der Waals surface area contributed by atoms with Crippen molar-refractivity contribution in [3.63, 3.8) is 0 Å². The highest BCUT2D eigenvalue weighted by Crippen LogP contribution is 2.32. The summed E-state index contributed by atoms with van der Waals surface area (Å²) >= 11 is 10.3. The van der Waals surface area contributed by atoms with Gasteiger partial charge < -0.3 is 5.32 Å². The van der Waals surface area contributed by atoms with Gasteiger partial charge in [-0.2, -0.15) is 0 Å². The lowest BCUT2D eigenvalue weighted by atomic mass is 10.4. The molecule has 0 fully saturated rings. The first-order valence-corrected chi connectivity index (χ1v) is 10.1. The van der Waals surface area contributed by atoms with E-state index < -0.39 is 0 Å². The van der Waals surface area contributed by atoms with Crippen LogP contribution in [0.15, 0.2) is 46.7 Å². The van der Waals surface area contributed by atoms with Gasteiger partial charge in [-0.15, -0.1) is 34.4 Å². The minimum atomic E-state index is -0.260. The average molecular weight is 399 g/mol. The van der Waals surface area contributed by atoms with E-state index in [1.807, 2.05) is 17.5 Å². The fraction of sp³-hybridized carbons (Fsp3) is 0.125. The summed E-state index contributed by atoms with van der Waals surface area (Å²) in [7, 11) is 0. The van der Waals surface area contributed by atoms with Crippen molar-refractivity contribution in [1.29, 1.82) is 0 Å². The van der Waals surface area contributed by atoms with E-state index in [0.717, 1.165) is 15.5 Å². The minimum Gasteiger partial charge on any atom is -0.302 e. The Balaban J connectivity index is 1.48. The summed E-state index contributed by atoms with van der Waals surface area (Å²) < 4.78 is 13.5. The Morgan fingerprint density at radius 3 is 2.75 bits per heavy atom. The number of carbonyl (C=O) groups is 1. The van der Waals surface area contributed by atoms with Crippen LogP contribution in [-0.4, -0.2) is 16.6 Å². The van der Waals surface area contributed by atoms with Crippen molar-refractivity contribution in [2.45, 2.75) is 11.3 Å². The molecule has 124 valence electrons. The second kappa shape index (κ2) is 8.11. The number of hydrogen-bond donors (Lipinski definition) is 1. The largest absolute Gasteiger partial charge is 0.302 e. The van der Waals surface area contributed by atoms with Crippen molar-refractivity contribution in [3.05, 3.63) is 51.9 Å². The maximum Gasteiger partial charge on any atom is 0.226 e. The number of rotatable bonds is 6. The molecule has 0 aliphatic carbocycles. The van der Waals surface area contributed by atoms with E-state index in [4.69, 9.17) is 11.6 Å². The van der Waals surface area contributed by atoms with E-state index in [2.05, 4.69) is 10.3 Å². The zero-order chi connectivity index (χ0) is 16.9. The molecule has 0 spiro atoms. The third kappa shape index (κ3) is 4.80. The van der Waals surface area contributed by atoms with Crippen LogP contribution in [0.1, 0.15) is 6.42 Å². The lowest BCUT2D eigenvalue weighted by Crippen LogP contribution is -2.11. The van der Waals surface area contributed by atoms with Gasteiger partial charge in [0.2, 0.25) is 5.91 Å². The number of halogens is 2. The first kappa shape index (κ1) is 17.4. The molecular weight excluding hydrogens is 387 g/mol. The molecule has 3 nitrogen and oxygen atoms in total. The summed E-state index contributed by atoms with van der Waals surface area (Å²) in [6, 6.07) is 9.97. The van der Waals surface area contributed by atoms with Crippen LogP contribution in [0.3, 0.4) is 0 Å². The van der Waals surface area contributed by atoms with Crippen LogP contribution in [0.5, 0.6) is 0 Å². The summed E-state index contributed by atoms with van der Waals surface area (Å²) in [5, 5.41) is 5.27. The maximum absolute atomic E-state index is 12.8. The average Bonchev–Trinajstić information content (AvgIpc) is 3.18. The Morgan fingerprint density at radius 2 is 2.04 bits per heavy atom. The van der Waals surface area contributed by atoms with Gasteiger partial charge in [-0.05, 0) is 36.4 Å². The molecule has 0 saturated heterocycles. The summed E-state index contributed by atoms with van der Waals surface area (Å²) in [4.78, 5) is 18.3. The van der Waals surface area contributed by atoms with Crippen molar-refractivity contribution in [2.24, 2.45) is 0 Å². The van der Waals surface area contributed by atoms with Crippen LogP contribution in [0.2, 0.25) is 4.34 Å². The number of amides is 1. The molecule has 3 rings (SSSR count). The number of benzene rings is 1. The van der Waals surface area contributed by atoms with E-state index in [9.17, 15) is 9.18 Å². The van der Waals surface area contributed by atoms with E-state index >= 15 is 0 Å². The second-order valence-electron chi connectivity index (χ2n) is 4.74. The summed E-state index contributed by atoms with van der Waals surface area (Å²) in [5.74, 6) is 0.273. The molecule has 3 aromatic rings. The number of hydrogen-bond acceptors (Lipinski definition) is 5. The molecule has 0 atom stereocenters. The number of thiazole rings is 1. The Labute approximate surface area is 155 Å². The Morgan fingerprint density at radius 1 is 1.25 bits per heavy atom. The molecular formula is C16H12ClFN2OS3. The predicted octanol–water partition coefficient (Wildman–Crippen LogP) is 5.79. The van der Waals surface area contributed by atoms with Crippen molar-refractivity contribution < 1.29 is 9.18 Å². The highest BCUT2D eigenvalue weighted by Gasteiger charge is 2.10. The van der Waals surface area contributed by atoms with Crippen LogP contribution >= 0.6 is 46.0 Å². The van der Waals surface area contributed by atoms with Gasteiger partial charge in [-0.1, -0.05) is 11.6 Å². The molecule has 24 heavy (non-hydrogen) atoms. The van der Waals surface area contributed by atoms with E-state index in [1.54, 1.807) is 12.1 Å². The lowest BCUT2D eigenvalue weighted by Gasteiger charge is -2.02. The number of nitrogens with zero attached hydrogens (tertiary/aromatic N) is 1. The fourth-order valence-electron chi connectivity index (χ4n) is 1.87. The van der Waals surface area contributed by atoms with Crippen LogP contribution in [0, 0.1) is 5.82 Å². The Kier molecular flexibility index (Phi) is 5.89. The Hall–Kier alpha value is -1.41. The quantitative estimate of drug-likeness (QED) is 0.534. The van der Waals surface area contributed by atoms with Gasteiger partial charge in [-0.25, -0.2) is 9.37 Å². The highest BCUT2D eigenvalue weighted by molar-refractivity contribution is 7.99. The molecule has 8 heteroatoms. The number of thiophene rings is 1. The van der Waals surface area contributed by atoms with E-state index in [1.165, 1.54) is 46.6 Å². The van der Waals surface area contributed by atoms with Crippen molar-refractivity contribution in [2.75, 3.05) is 11.1 Å². The molecule has 0 radical (unpaired) electrons. The first-order chi connectivity index (χ1) is 11.6. The van der Waals surface area contributed by atoms with Crippen molar-refractivity contribution >= 4 is 57.1 Å². The van der Waals surface area contributed by atoms with Crippen LogP contribution in [0.25, 0.3) is 10.6 Å². The summed E-state index contributed by atoms with van der Waals surface area (Å²) in [6.07, 6.45) is 0.363. The fourth-order valence-corrected chi connectivity index (χ4v) is 4.53. The SMILES string of the molecule is O=C(CCSc1ccc(F)cc1)Nc1nc(-c2ccc(Cl)s2)cs1. The standard InChI is InChI=1S/C16H12ClFN2OS3/c17-14-6-5-13(24-14)12-9-23-16(19-12)20-15(21)7-8-22-11-3-1-10(18)2-4-11/h1-6,9H,7-8H2,(H,19,20,21). The third-order valence-corrected chi connectivity index (χ3v) is 6.01. The molecule has 2 heterocycles. The van der Waals surface area contributed by atoms with Gasteiger partial charge in [-0.3, -0.25) is 4.79 Å². The van der Waals surface area contributed by atoms with Gasteiger partial charge in [0.25, 0.3) is 0 Å². The van der Waals surface area contributed by atoms with E-state index in [0.29, 0.717) is 21.6 Å². The number of nitrogens with one attached hydrogen (secondary N) is 1. The maximum atomic E-state index is 12.8. The first-order valence-electron chi connectivity index (χ1n) is 6.99. The topological polar surface area (TPSA) is 42.0 Å². The minimum absolute atomic E-state index is 0.0882. The number of carbonyl (C=O) groups excluding carboxylic acids is 1. The molecule has 1 N–H and O–H groups in total. The second-order valence-corrected chi connectivity index (χ2v) is 8.48. The monoisotopic (exact) mass is 398 g/mol. The summed E-state index contributed by atoms with van der Waals surface area (Å²) in [5.41, 5.74) is 0.813. The van der Waals surface area contributed by atoms with Gasteiger partial charge in [0, 0.05) is 22.4 Å². The van der Waals surface area contributed by atoms with Gasteiger partial charge >= 0.3 is 0 Å². The third-order valence-electron chi connectivity index (χ3n) is 2.99. The van der Waals surface area contributed by atoms with Gasteiger partial charge in [0.1, 0.15) is 5.82 Å². The van der Waals surface area contributed by atoms with Gasteiger partial charge in [0.05, 0.1) is 14.9 Å². The van der Waals surface area contributed by atoms with Crippen LogP contribution in [-0.2, 0) is 4.79 Å². The molecule has 2 aromatic heterocycles. The van der Waals surface area contributed by atoms with Crippen molar-refractivity contribution in [1.82, 2.24) is 4.98 Å². The lowest BCUT2D eigenvalue weighted by molar-refractivity contribution is -0.115. The summed E-state index contributed by atoms with van der Waals surface area (Å²) in [6.45, 7) is 0. The van der Waals surface area contributed by atoms with Crippen LogP contribution in [0.4, 0.5) is 9.52 Å². The molecule has 1 amide bonds. The van der Waals surface area contributed by atoms with Crippen molar-refractivity contribution in [3.8, 4) is 10.6 Å². The molecule has 0 saturated carbocycles. The normalized spacial score (nSPS) is 10.8. The number of aromatic nitrogens is 1. The molecule has 1 aromatic carbocycles. The molecule has 0 aliphatic rings. The Bertz CT molecular complexity index is 832. The molecule has 0 bridgehead atoms. The smallest absolute Gasteiger partial charge is 0.226 e. The number of thioether (sulfide) groups is 1.